The number of carbonyl (C=O) groups is 1. The van der Waals surface area contributed by atoms with E-state index in [0.717, 1.165) is 23.3 Å². The predicted molar refractivity (Wildman–Crippen MR) is 89.5 cm³/mol. The summed E-state index contributed by atoms with van der Waals surface area (Å²) in [6, 6.07) is 7.85. The second kappa shape index (κ2) is 6.48. The molecule has 120 valence electrons. The van der Waals surface area contributed by atoms with Gasteiger partial charge < -0.3 is 15.6 Å². The molecule has 0 radical (unpaired) electrons. The molecule has 2 aromatic rings. The molecule has 1 aromatic carbocycles. The monoisotopic (exact) mass is 302 g/mol. The number of hydrogen-bond acceptors (Lipinski definition) is 3. The van der Waals surface area contributed by atoms with Crippen molar-refractivity contribution in [3.05, 3.63) is 30.1 Å². The Bertz CT molecular complexity index is 662. The van der Waals surface area contributed by atoms with Crippen molar-refractivity contribution in [3.8, 4) is 0 Å². The normalized spacial score (nSPS) is 14.3. The third-order valence-electron chi connectivity index (χ3n) is 3.90. The van der Waals surface area contributed by atoms with Crippen LogP contribution in [0.3, 0.4) is 0 Å². The number of carbonyl (C=O) groups excluding carboxylic acids is 1. The highest BCUT2D eigenvalue weighted by Crippen LogP contribution is 2.17. The van der Waals surface area contributed by atoms with E-state index in [0.29, 0.717) is 12.5 Å². The zero-order chi connectivity index (χ0) is 16.3. The van der Waals surface area contributed by atoms with Gasteiger partial charge in [0.1, 0.15) is 12.4 Å². The lowest BCUT2D eigenvalue weighted by Crippen LogP contribution is -2.53. The Morgan fingerprint density at radius 1 is 1.41 bits per heavy atom. The van der Waals surface area contributed by atoms with Crippen molar-refractivity contribution < 1.29 is 4.79 Å². The summed E-state index contributed by atoms with van der Waals surface area (Å²) < 4.78 is 1.94. The number of para-hydroxylation sites is 2. The van der Waals surface area contributed by atoms with E-state index in [9.17, 15) is 4.79 Å². The van der Waals surface area contributed by atoms with Gasteiger partial charge in [-0.1, -0.05) is 26.0 Å². The van der Waals surface area contributed by atoms with Crippen LogP contribution in [0.25, 0.3) is 11.0 Å². The van der Waals surface area contributed by atoms with Gasteiger partial charge in [-0.2, -0.15) is 0 Å². The highest BCUT2D eigenvalue weighted by atomic mass is 16.2. The number of nitrogens with two attached hydrogens (primary N) is 1. The molecule has 1 unspecified atom stereocenters. The minimum atomic E-state index is -0.366. The molecular weight excluding hydrogens is 276 g/mol. The molecule has 0 aliphatic heterocycles. The first-order chi connectivity index (χ1) is 10.3. The molecule has 0 saturated carbocycles. The quantitative estimate of drug-likeness (QED) is 0.859. The second-order valence-electron chi connectivity index (χ2n) is 6.64. The van der Waals surface area contributed by atoms with Crippen LogP contribution < -0.4 is 11.1 Å². The first-order valence-electron chi connectivity index (χ1n) is 7.77. The molecule has 5 nitrogen and oxygen atoms in total. The van der Waals surface area contributed by atoms with Gasteiger partial charge in [-0.3, -0.25) is 4.79 Å². The van der Waals surface area contributed by atoms with Crippen LogP contribution in [0.5, 0.6) is 0 Å². The number of fused-ring (bicyclic) bond motifs is 1. The van der Waals surface area contributed by atoms with E-state index in [2.05, 4.69) is 24.1 Å². The predicted octanol–water partition coefficient (Wildman–Crippen LogP) is 2.22. The highest BCUT2D eigenvalue weighted by Gasteiger charge is 2.26. The number of aromatic nitrogens is 2. The third-order valence-corrected chi connectivity index (χ3v) is 3.90. The van der Waals surface area contributed by atoms with E-state index < -0.39 is 0 Å². The number of benzene rings is 1. The third kappa shape index (κ3) is 3.65. The van der Waals surface area contributed by atoms with E-state index in [4.69, 9.17) is 5.73 Å². The van der Waals surface area contributed by atoms with Crippen LogP contribution >= 0.6 is 0 Å². The number of imidazole rings is 1. The second-order valence-corrected chi connectivity index (χ2v) is 6.64. The van der Waals surface area contributed by atoms with Crippen molar-refractivity contribution in [3.63, 3.8) is 0 Å². The first kappa shape index (κ1) is 16.5. The molecule has 0 fully saturated rings. The van der Waals surface area contributed by atoms with Crippen LogP contribution in [-0.2, 0) is 11.3 Å². The maximum atomic E-state index is 12.4. The molecule has 22 heavy (non-hydrogen) atoms. The lowest BCUT2D eigenvalue weighted by atomic mass is 9.91. The fourth-order valence-electron chi connectivity index (χ4n) is 3.00. The van der Waals surface area contributed by atoms with E-state index >= 15 is 0 Å². The largest absolute Gasteiger partial charge is 0.348 e. The number of aryl methyl sites for hydroxylation is 1. The topological polar surface area (TPSA) is 72.9 Å². The number of nitrogens with zero attached hydrogens (tertiary/aromatic N) is 2. The molecule has 0 aliphatic carbocycles. The molecule has 0 aliphatic rings. The average molecular weight is 302 g/mol. The van der Waals surface area contributed by atoms with Crippen LogP contribution in [0.1, 0.15) is 33.0 Å². The van der Waals surface area contributed by atoms with Gasteiger partial charge in [-0.05, 0) is 38.3 Å². The smallest absolute Gasteiger partial charge is 0.240 e. The van der Waals surface area contributed by atoms with Crippen molar-refractivity contribution >= 4 is 16.9 Å². The van der Waals surface area contributed by atoms with Crippen molar-refractivity contribution in [2.45, 2.75) is 46.2 Å². The van der Waals surface area contributed by atoms with Gasteiger partial charge in [0, 0.05) is 12.1 Å². The lowest BCUT2D eigenvalue weighted by molar-refractivity contribution is -0.123. The van der Waals surface area contributed by atoms with Gasteiger partial charge in [-0.25, -0.2) is 4.98 Å². The molecular formula is C17H26N4O. The summed E-state index contributed by atoms with van der Waals surface area (Å²) in [5, 5.41) is 3.09. The van der Waals surface area contributed by atoms with Crippen LogP contribution in [0.2, 0.25) is 0 Å². The molecule has 0 spiro atoms. The van der Waals surface area contributed by atoms with Crippen molar-refractivity contribution in [1.82, 2.24) is 14.9 Å². The number of nitrogens with one attached hydrogen (secondary N) is 1. The highest BCUT2D eigenvalue weighted by molar-refractivity contribution is 5.81. The zero-order valence-corrected chi connectivity index (χ0v) is 13.9. The summed E-state index contributed by atoms with van der Waals surface area (Å²) in [6.07, 6.45) is 0.860. The van der Waals surface area contributed by atoms with E-state index in [1.54, 1.807) is 0 Å². The Hall–Kier alpha value is -1.88. The molecule has 1 heterocycles. The Kier molecular flexibility index (Phi) is 4.86. The standard InChI is InChI=1S/C17H26N4O/c1-12(2)9-17(4,11-18)20-16(22)10-21-13(3)19-14-7-5-6-8-15(14)21/h5-8,12H,9-11,18H2,1-4H3,(H,20,22). The van der Waals surface area contributed by atoms with Gasteiger partial charge in [0.25, 0.3) is 0 Å². The number of hydrogen-bond donors (Lipinski definition) is 2. The Morgan fingerprint density at radius 3 is 2.73 bits per heavy atom. The molecule has 0 bridgehead atoms. The van der Waals surface area contributed by atoms with Crippen LogP contribution in [0.4, 0.5) is 0 Å². The van der Waals surface area contributed by atoms with Crippen LogP contribution in [-0.4, -0.2) is 27.5 Å². The summed E-state index contributed by atoms with van der Waals surface area (Å²) in [7, 11) is 0. The van der Waals surface area contributed by atoms with Crippen molar-refractivity contribution in [2.24, 2.45) is 11.7 Å². The molecule has 5 heteroatoms. The van der Waals surface area contributed by atoms with Gasteiger partial charge in [-0.15, -0.1) is 0 Å². The molecule has 2 rings (SSSR count). The maximum Gasteiger partial charge on any atom is 0.240 e. The van der Waals surface area contributed by atoms with Gasteiger partial charge >= 0.3 is 0 Å². The fraction of sp³-hybridized carbons (Fsp3) is 0.529. The molecule has 1 atom stereocenters. The van der Waals surface area contributed by atoms with Crippen LogP contribution in [0, 0.1) is 12.8 Å². The first-order valence-corrected chi connectivity index (χ1v) is 7.77. The maximum absolute atomic E-state index is 12.4. The summed E-state index contributed by atoms with van der Waals surface area (Å²) in [4.78, 5) is 16.9. The van der Waals surface area contributed by atoms with Crippen molar-refractivity contribution in [1.29, 1.82) is 0 Å². The zero-order valence-electron chi connectivity index (χ0n) is 13.9. The average Bonchev–Trinajstić information content (AvgIpc) is 2.74. The minimum absolute atomic E-state index is 0.0279. The number of amides is 1. The summed E-state index contributed by atoms with van der Waals surface area (Å²) >= 11 is 0. The van der Waals surface area contributed by atoms with Crippen molar-refractivity contribution in [2.75, 3.05) is 6.54 Å². The van der Waals surface area contributed by atoms with E-state index in [1.165, 1.54) is 0 Å². The summed E-state index contributed by atoms with van der Waals surface area (Å²) in [6.45, 7) is 8.88. The Morgan fingerprint density at radius 2 is 2.09 bits per heavy atom. The Balaban J connectivity index is 2.15. The van der Waals surface area contributed by atoms with E-state index in [1.807, 2.05) is 42.7 Å². The molecule has 0 saturated heterocycles. The molecule has 1 aromatic heterocycles. The van der Waals surface area contributed by atoms with Gasteiger partial charge in [0.15, 0.2) is 0 Å². The Labute approximate surface area is 131 Å². The molecule has 1 amide bonds. The summed E-state index contributed by atoms with van der Waals surface area (Å²) in [5.74, 6) is 1.29. The van der Waals surface area contributed by atoms with Gasteiger partial charge in [0.05, 0.1) is 11.0 Å². The fourth-order valence-corrected chi connectivity index (χ4v) is 3.00. The van der Waals surface area contributed by atoms with Gasteiger partial charge in [0.2, 0.25) is 5.91 Å². The molecule has 3 N–H and O–H groups in total. The number of rotatable bonds is 6. The SMILES string of the molecule is Cc1nc2ccccc2n1CC(=O)NC(C)(CN)CC(C)C. The minimum Gasteiger partial charge on any atom is -0.348 e. The lowest BCUT2D eigenvalue weighted by Gasteiger charge is -2.31. The van der Waals surface area contributed by atoms with Crippen LogP contribution in [0.15, 0.2) is 24.3 Å². The van der Waals surface area contributed by atoms with E-state index in [-0.39, 0.29) is 18.0 Å². The summed E-state index contributed by atoms with van der Waals surface area (Å²) in [5.41, 5.74) is 7.39.